The number of rotatable bonds is 5. The number of nitrogens with zero attached hydrogens (tertiary/aromatic N) is 1. The Morgan fingerprint density at radius 2 is 2.00 bits per heavy atom. The summed E-state index contributed by atoms with van der Waals surface area (Å²) in [5.74, 6) is 0. The second-order valence-corrected chi connectivity index (χ2v) is 5.65. The molecule has 0 saturated carbocycles. The molecule has 0 bridgehead atoms. The molecule has 1 aliphatic heterocycles. The summed E-state index contributed by atoms with van der Waals surface area (Å²) in [6.07, 6.45) is 2.29. The molecule has 1 aromatic rings. The summed E-state index contributed by atoms with van der Waals surface area (Å²) in [7, 11) is 0. The lowest BCUT2D eigenvalue weighted by Crippen LogP contribution is -2.38. The third kappa shape index (κ3) is 4.62. The SMILES string of the molecule is OCCN1CCC(OCc2ccc(Cl)cc2Cl)CC1. The van der Waals surface area contributed by atoms with E-state index in [0.29, 0.717) is 16.7 Å². The van der Waals surface area contributed by atoms with Crippen LogP contribution < -0.4 is 0 Å². The summed E-state index contributed by atoms with van der Waals surface area (Å²) < 4.78 is 5.90. The van der Waals surface area contributed by atoms with E-state index in [0.717, 1.165) is 38.0 Å². The fraction of sp³-hybridized carbons (Fsp3) is 0.571. The second kappa shape index (κ2) is 7.46. The number of aliphatic hydroxyl groups is 1. The number of β-amino-alcohol motifs (C(OH)–C–C–N with tert-alkyl or cyclic N) is 1. The molecule has 0 atom stereocenters. The highest BCUT2D eigenvalue weighted by Crippen LogP contribution is 2.23. The average molecular weight is 304 g/mol. The average Bonchev–Trinajstić information content (AvgIpc) is 2.40. The Kier molecular flexibility index (Phi) is 5.92. The van der Waals surface area contributed by atoms with Crippen LogP contribution >= 0.6 is 23.2 Å². The highest BCUT2D eigenvalue weighted by molar-refractivity contribution is 6.35. The lowest BCUT2D eigenvalue weighted by Gasteiger charge is -2.31. The summed E-state index contributed by atoms with van der Waals surface area (Å²) >= 11 is 12.0. The van der Waals surface area contributed by atoms with E-state index in [1.54, 1.807) is 6.07 Å². The zero-order valence-corrected chi connectivity index (χ0v) is 12.3. The summed E-state index contributed by atoms with van der Waals surface area (Å²) in [6, 6.07) is 5.48. The van der Waals surface area contributed by atoms with Crippen molar-refractivity contribution in [2.24, 2.45) is 0 Å². The molecule has 5 heteroatoms. The molecule has 0 aliphatic carbocycles. The van der Waals surface area contributed by atoms with Crippen LogP contribution in [0.15, 0.2) is 18.2 Å². The van der Waals surface area contributed by atoms with Crippen LogP contribution in [0.5, 0.6) is 0 Å². The molecule has 1 aliphatic rings. The Labute approximate surface area is 124 Å². The van der Waals surface area contributed by atoms with Crippen LogP contribution in [0.4, 0.5) is 0 Å². The molecular formula is C14H19Cl2NO2. The molecule has 1 heterocycles. The molecule has 1 fully saturated rings. The molecule has 2 rings (SSSR count). The molecule has 1 N–H and O–H groups in total. The zero-order valence-electron chi connectivity index (χ0n) is 10.8. The monoisotopic (exact) mass is 303 g/mol. The van der Waals surface area contributed by atoms with Crippen LogP contribution in [0.25, 0.3) is 0 Å². The largest absolute Gasteiger partial charge is 0.395 e. The highest BCUT2D eigenvalue weighted by Gasteiger charge is 2.19. The predicted octanol–water partition coefficient (Wildman–Crippen LogP) is 2.97. The fourth-order valence-corrected chi connectivity index (χ4v) is 2.75. The molecule has 0 unspecified atom stereocenters. The van der Waals surface area contributed by atoms with Gasteiger partial charge in [-0.2, -0.15) is 0 Å². The standard InChI is InChI=1S/C14H19Cl2NO2/c15-12-2-1-11(14(16)9-12)10-19-13-3-5-17(6-4-13)7-8-18/h1-2,9,13,18H,3-8,10H2. The number of aliphatic hydroxyl groups excluding tert-OH is 1. The smallest absolute Gasteiger partial charge is 0.0735 e. The summed E-state index contributed by atoms with van der Waals surface area (Å²) in [6.45, 7) is 3.49. The van der Waals surface area contributed by atoms with Crippen molar-refractivity contribution >= 4 is 23.2 Å². The molecule has 0 spiro atoms. The number of piperidine rings is 1. The highest BCUT2D eigenvalue weighted by atomic mass is 35.5. The van der Waals surface area contributed by atoms with Crippen LogP contribution in [-0.2, 0) is 11.3 Å². The second-order valence-electron chi connectivity index (χ2n) is 4.81. The first-order valence-corrected chi connectivity index (χ1v) is 7.33. The maximum absolute atomic E-state index is 8.89. The zero-order chi connectivity index (χ0) is 13.7. The molecule has 0 radical (unpaired) electrons. The van der Waals surface area contributed by atoms with Crippen molar-refractivity contribution in [1.82, 2.24) is 4.90 Å². The van der Waals surface area contributed by atoms with Crippen molar-refractivity contribution in [3.63, 3.8) is 0 Å². The third-order valence-electron chi connectivity index (χ3n) is 3.44. The van der Waals surface area contributed by atoms with Gasteiger partial charge in [0, 0.05) is 29.7 Å². The summed E-state index contributed by atoms with van der Waals surface area (Å²) in [5, 5.41) is 10.2. The van der Waals surface area contributed by atoms with Crippen molar-refractivity contribution in [1.29, 1.82) is 0 Å². The normalized spacial score (nSPS) is 17.8. The Morgan fingerprint density at radius 1 is 1.26 bits per heavy atom. The first-order valence-electron chi connectivity index (χ1n) is 6.58. The minimum absolute atomic E-state index is 0.228. The van der Waals surface area contributed by atoms with Crippen LogP contribution in [-0.4, -0.2) is 42.4 Å². The Balaban J connectivity index is 1.77. The van der Waals surface area contributed by atoms with E-state index in [1.165, 1.54) is 0 Å². The summed E-state index contributed by atoms with van der Waals surface area (Å²) in [4.78, 5) is 2.26. The number of halogens is 2. The van der Waals surface area contributed by atoms with Gasteiger partial charge in [0.25, 0.3) is 0 Å². The topological polar surface area (TPSA) is 32.7 Å². The maximum Gasteiger partial charge on any atom is 0.0735 e. The van der Waals surface area contributed by atoms with E-state index in [4.69, 9.17) is 33.0 Å². The van der Waals surface area contributed by atoms with Crippen molar-refractivity contribution in [3.05, 3.63) is 33.8 Å². The first kappa shape index (κ1) is 15.1. The molecular weight excluding hydrogens is 285 g/mol. The van der Waals surface area contributed by atoms with E-state index >= 15 is 0 Å². The lowest BCUT2D eigenvalue weighted by molar-refractivity contribution is -0.00479. The van der Waals surface area contributed by atoms with Gasteiger partial charge in [-0.1, -0.05) is 29.3 Å². The Morgan fingerprint density at radius 3 is 2.63 bits per heavy atom. The van der Waals surface area contributed by atoms with Gasteiger partial charge in [0.15, 0.2) is 0 Å². The van der Waals surface area contributed by atoms with Crippen LogP contribution in [0.2, 0.25) is 10.0 Å². The number of likely N-dealkylation sites (tertiary alicyclic amines) is 1. The molecule has 0 aromatic heterocycles. The minimum Gasteiger partial charge on any atom is -0.395 e. The van der Waals surface area contributed by atoms with Gasteiger partial charge in [0.1, 0.15) is 0 Å². The van der Waals surface area contributed by atoms with Gasteiger partial charge in [-0.05, 0) is 30.5 Å². The first-order chi connectivity index (χ1) is 9.19. The summed E-state index contributed by atoms with van der Waals surface area (Å²) in [5.41, 5.74) is 0.976. The van der Waals surface area contributed by atoms with Gasteiger partial charge in [-0.3, -0.25) is 0 Å². The van der Waals surface area contributed by atoms with Gasteiger partial charge in [0.2, 0.25) is 0 Å². The van der Waals surface area contributed by atoms with Gasteiger partial charge in [0.05, 0.1) is 19.3 Å². The Bertz CT molecular complexity index is 406. The predicted molar refractivity (Wildman–Crippen MR) is 77.8 cm³/mol. The number of benzene rings is 1. The maximum atomic E-state index is 8.89. The van der Waals surface area contributed by atoms with Gasteiger partial charge in [-0.25, -0.2) is 0 Å². The van der Waals surface area contributed by atoms with Gasteiger partial charge in [-0.15, -0.1) is 0 Å². The van der Waals surface area contributed by atoms with Crippen molar-refractivity contribution < 1.29 is 9.84 Å². The quantitative estimate of drug-likeness (QED) is 0.908. The molecule has 1 aromatic carbocycles. The van der Waals surface area contributed by atoms with Gasteiger partial charge >= 0.3 is 0 Å². The van der Waals surface area contributed by atoms with Crippen molar-refractivity contribution in [2.45, 2.75) is 25.6 Å². The fourth-order valence-electron chi connectivity index (χ4n) is 2.29. The van der Waals surface area contributed by atoms with Gasteiger partial charge < -0.3 is 14.7 Å². The number of hydrogen-bond acceptors (Lipinski definition) is 3. The van der Waals surface area contributed by atoms with E-state index in [-0.39, 0.29) is 12.7 Å². The minimum atomic E-state index is 0.228. The van der Waals surface area contributed by atoms with Crippen molar-refractivity contribution in [3.8, 4) is 0 Å². The Hall–Kier alpha value is -0.320. The lowest BCUT2D eigenvalue weighted by atomic mass is 10.1. The van der Waals surface area contributed by atoms with Crippen LogP contribution in [0.1, 0.15) is 18.4 Å². The number of ether oxygens (including phenoxy) is 1. The molecule has 0 amide bonds. The molecule has 106 valence electrons. The van der Waals surface area contributed by atoms with E-state index < -0.39 is 0 Å². The molecule has 3 nitrogen and oxygen atoms in total. The van der Waals surface area contributed by atoms with Crippen LogP contribution in [0, 0.1) is 0 Å². The van der Waals surface area contributed by atoms with Crippen molar-refractivity contribution in [2.75, 3.05) is 26.2 Å². The third-order valence-corrected chi connectivity index (χ3v) is 4.03. The van der Waals surface area contributed by atoms with Crippen LogP contribution in [0.3, 0.4) is 0 Å². The van der Waals surface area contributed by atoms with E-state index in [9.17, 15) is 0 Å². The molecule has 19 heavy (non-hydrogen) atoms. The van der Waals surface area contributed by atoms with E-state index in [1.807, 2.05) is 12.1 Å². The van der Waals surface area contributed by atoms with E-state index in [2.05, 4.69) is 4.90 Å². The molecule has 1 saturated heterocycles. The number of hydrogen-bond donors (Lipinski definition) is 1.